The number of hydrogen-bond donors (Lipinski definition) is 4. The molecule has 2 aliphatic heterocycles. The number of aliphatic hydroxyl groups is 2. The van der Waals surface area contributed by atoms with Crippen LogP contribution >= 0.6 is 19.2 Å². The summed E-state index contributed by atoms with van der Waals surface area (Å²) >= 11 is 6.36. The van der Waals surface area contributed by atoms with E-state index in [0.717, 1.165) is 35.7 Å². The minimum absolute atomic E-state index is 0.179. The van der Waals surface area contributed by atoms with Crippen LogP contribution in [0.1, 0.15) is 52.2 Å². The number of aromatic nitrogens is 3. The fourth-order valence-electron chi connectivity index (χ4n) is 5.90. The van der Waals surface area contributed by atoms with Crippen molar-refractivity contribution in [1.29, 1.82) is 0 Å². The maximum absolute atomic E-state index is 14.2. The molecule has 1 aliphatic carbocycles. The second-order valence-corrected chi connectivity index (χ2v) is 15.8. The number of rotatable bonds is 16. The average Bonchev–Trinajstić information content (AvgIpc) is 3.70. The molecule has 0 unspecified atom stereocenters. The van der Waals surface area contributed by atoms with Crippen LogP contribution in [0.5, 0.6) is 0 Å². The second kappa shape index (κ2) is 14.9. The van der Waals surface area contributed by atoms with Gasteiger partial charge in [-0.25, -0.2) is 14.4 Å². The zero-order chi connectivity index (χ0) is 34.0. The predicted octanol–water partition coefficient (Wildman–Crippen LogP) is 1.75. The average molecular weight is 725 g/mol. The van der Waals surface area contributed by atoms with E-state index in [2.05, 4.69) is 15.4 Å². The van der Waals surface area contributed by atoms with Crippen LogP contribution in [0, 0.1) is 0 Å². The minimum Gasteiger partial charge on any atom is -0.387 e. The van der Waals surface area contributed by atoms with Gasteiger partial charge in [0.15, 0.2) is 11.9 Å². The van der Waals surface area contributed by atoms with Crippen molar-refractivity contribution in [3.8, 4) is 0 Å². The maximum atomic E-state index is 14.2. The molecule has 4 N–H and O–H groups in total. The first-order valence-corrected chi connectivity index (χ1v) is 18.9. The van der Waals surface area contributed by atoms with E-state index in [1.54, 1.807) is 12.3 Å². The number of methoxy groups -OCH3 is 1. The number of hydrogen-bond acceptors (Lipinski definition) is 14. The Kier molecular flexibility index (Phi) is 11.5. The molecule has 2 aromatic heterocycles. The fourth-order valence-corrected chi connectivity index (χ4v) is 9.43. The van der Waals surface area contributed by atoms with Gasteiger partial charge in [-0.2, -0.15) is 17.8 Å². The van der Waals surface area contributed by atoms with Gasteiger partial charge in [0, 0.05) is 26.2 Å². The maximum Gasteiger partial charge on any atom is 0.374 e. The Morgan fingerprint density at radius 1 is 1.17 bits per heavy atom. The molecule has 17 nitrogen and oxygen atoms in total. The van der Waals surface area contributed by atoms with E-state index in [0.29, 0.717) is 11.8 Å². The van der Waals surface area contributed by atoms with Crippen LogP contribution < -0.4 is 10.0 Å². The zero-order valence-corrected chi connectivity index (χ0v) is 28.9. The van der Waals surface area contributed by atoms with Gasteiger partial charge >= 0.3 is 17.8 Å². The summed E-state index contributed by atoms with van der Waals surface area (Å²) < 4.78 is 72.3. The van der Waals surface area contributed by atoms with Crippen LogP contribution in [0.3, 0.4) is 0 Å². The zero-order valence-electron chi connectivity index (χ0n) is 26.4. The van der Waals surface area contributed by atoms with E-state index < -0.39 is 66.8 Å². The summed E-state index contributed by atoms with van der Waals surface area (Å²) in [6.07, 6.45) is 0.667. The normalized spacial score (nSPS) is 25.6. The lowest BCUT2D eigenvalue weighted by atomic mass is 10.1. The highest BCUT2D eigenvalue weighted by atomic mass is 35.5. The van der Waals surface area contributed by atoms with E-state index in [9.17, 15) is 28.0 Å². The smallest absolute Gasteiger partial charge is 0.374 e. The van der Waals surface area contributed by atoms with Gasteiger partial charge in [-0.15, -0.1) is 0 Å². The first-order valence-electron chi connectivity index (χ1n) is 15.6. The summed E-state index contributed by atoms with van der Waals surface area (Å²) in [6.45, 7) is 1.57. The highest BCUT2D eigenvalue weighted by Gasteiger charge is 2.61. The number of carbonyl (C=O) groups is 1. The minimum atomic E-state index is -4.64. The Hall–Kier alpha value is -1.96. The molecule has 3 fully saturated rings. The van der Waals surface area contributed by atoms with Gasteiger partial charge in [-0.1, -0.05) is 24.4 Å². The number of fused-ring (bicyclic) bond motifs is 1. The molecular formula is C27H42ClN6O11PS. The quantitative estimate of drug-likeness (QED) is 0.144. The number of anilines is 1. The van der Waals surface area contributed by atoms with Crippen LogP contribution in [-0.2, 0) is 42.8 Å². The van der Waals surface area contributed by atoms with Crippen molar-refractivity contribution < 1.29 is 51.2 Å². The van der Waals surface area contributed by atoms with Gasteiger partial charge in [-0.05, 0) is 39.2 Å². The third-order valence-corrected chi connectivity index (χ3v) is 12.7. The largest absolute Gasteiger partial charge is 0.387 e. The van der Waals surface area contributed by atoms with Gasteiger partial charge in [0.1, 0.15) is 23.5 Å². The van der Waals surface area contributed by atoms with Crippen LogP contribution in [0.2, 0.25) is 5.15 Å². The van der Waals surface area contributed by atoms with Crippen molar-refractivity contribution in [2.24, 2.45) is 0 Å². The molecule has 0 aromatic carbocycles. The lowest BCUT2D eigenvalue weighted by Crippen LogP contribution is -2.58. The number of aliphatic hydroxyl groups excluding tert-OH is 2. The number of nitrogens with one attached hydrogen (secondary N) is 2. The van der Waals surface area contributed by atoms with E-state index in [1.807, 2.05) is 4.72 Å². The molecule has 1 saturated carbocycles. The molecular weight excluding hydrogens is 683 g/mol. The molecule has 3 aliphatic rings. The van der Waals surface area contributed by atoms with Gasteiger partial charge < -0.3 is 38.8 Å². The van der Waals surface area contributed by atoms with Crippen molar-refractivity contribution in [1.82, 2.24) is 23.8 Å². The van der Waals surface area contributed by atoms with Crippen LogP contribution in [-0.4, -0.2) is 120 Å². The summed E-state index contributed by atoms with van der Waals surface area (Å²) in [4.78, 5) is 18.2. The third-order valence-electron chi connectivity index (χ3n) is 8.43. The Morgan fingerprint density at radius 3 is 2.45 bits per heavy atom. The molecule has 5 atom stereocenters. The number of pyridine rings is 1. The number of halogens is 1. The molecule has 20 heteroatoms. The summed E-state index contributed by atoms with van der Waals surface area (Å²) in [5.41, 5.74) is 1.01. The number of ether oxygens (including phenoxy) is 3. The van der Waals surface area contributed by atoms with Gasteiger partial charge in [0.2, 0.25) is 0 Å². The topological polar surface area (TPSA) is 213 Å². The lowest BCUT2D eigenvalue weighted by molar-refractivity contribution is -0.152. The fraction of sp³-hybridized carbons (Fsp3) is 0.741. The van der Waals surface area contributed by atoms with Crippen molar-refractivity contribution in [3.05, 3.63) is 17.4 Å². The molecule has 5 rings (SSSR count). The van der Waals surface area contributed by atoms with Gasteiger partial charge in [0.05, 0.1) is 43.7 Å². The number of nitrogens with zero attached hydrogens (tertiary/aromatic N) is 4. The Labute approximate surface area is 277 Å². The van der Waals surface area contributed by atoms with Crippen LogP contribution in [0.15, 0.2) is 12.3 Å². The molecule has 264 valence electrons. The first kappa shape index (κ1) is 36.3. The highest BCUT2D eigenvalue weighted by molar-refractivity contribution is 7.87. The molecule has 1 amide bonds. The van der Waals surface area contributed by atoms with Gasteiger partial charge in [0.25, 0.3) is 11.2 Å². The van der Waals surface area contributed by atoms with Crippen LogP contribution in [0.25, 0.3) is 11.0 Å². The second-order valence-electron chi connectivity index (χ2n) is 11.5. The lowest BCUT2D eigenvalue weighted by Gasteiger charge is -2.38. The summed E-state index contributed by atoms with van der Waals surface area (Å²) in [5.74, 6) is -1.36. The van der Waals surface area contributed by atoms with Crippen molar-refractivity contribution >= 4 is 52.0 Å². The van der Waals surface area contributed by atoms with E-state index in [4.69, 9.17) is 34.9 Å². The van der Waals surface area contributed by atoms with E-state index in [-0.39, 0.29) is 43.1 Å². The van der Waals surface area contributed by atoms with Crippen molar-refractivity contribution in [2.75, 3.05) is 51.9 Å². The monoisotopic (exact) mass is 724 g/mol. The van der Waals surface area contributed by atoms with Crippen molar-refractivity contribution in [2.45, 2.75) is 81.9 Å². The molecule has 4 heterocycles. The molecule has 0 radical (unpaired) electrons. The summed E-state index contributed by atoms with van der Waals surface area (Å²) in [6, 6.07) is 1.97. The first-order chi connectivity index (χ1) is 22.4. The summed E-state index contributed by atoms with van der Waals surface area (Å²) in [7, 11) is -7.79. The Morgan fingerprint density at radius 2 is 1.85 bits per heavy atom. The molecule has 0 bridgehead atoms. The molecule has 2 aromatic rings. The summed E-state index contributed by atoms with van der Waals surface area (Å²) in [5, 5.41) is 28.1. The Balaban J connectivity index is 1.42. The molecule has 2 saturated heterocycles. The van der Waals surface area contributed by atoms with Gasteiger partial charge in [-0.3, -0.25) is 9.36 Å². The predicted molar refractivity (Wildman–Crippen MR) is 169 cm³/mol. The van der Waals surface area contributed by atoms with Crippen LogP contribution in [0.4, 0.5) is 5.69 Å². The Bertz CT molecular complexity index is 1560. The SMILES string of the molecule is CCOP(=O)(OCC)[C@](COC)(OC[C@H]1O[C@@H](n2ncc3c(NC4CCCC4)cc(Cl)nc32)[C@H](O)[C@@H]1O)C(=O)NS(=O)(=O)N1CCC1. The standard InChI is InChI=1S/C27H42ClN6O11PS/c1-4-43-46(38,44-5-2)27(16-41-3,26(37)32-47(39,40)33-11-8-12-33)42-15-20-22(35)23(36)25(45-20)34-24-18(14-29-34)19(13-21(28)31-24)30-17-9-6-7-10-17/h13-14,17,20,22-23,25,35-36H,4-12,15-16H2,1-3H3,(H,30,31)(H,32,37)/t20-,22-,23-,25-,27+/m1/s1. The van der Waals surface area contributed by atoms with Crippen molar-refractivity contribution in [3.63, 3.8) is 0 Å². The van der Waals surface area contributed by atoms with E-state index >= 15 is 0 Å². The van der Waals surface area contributed by atoms with E-state index in [1.165, 1.54) is 25.6 Å². The highest BCUT2D eigenvalue weighted by Crippen LogP contribution is 2.61. The number of amides is 1. The molecule has 47 heavy (non-hydrogen) atoms. The third kappa shape index (κ3) is 7.19. The molecule has 0 spiro atoms. The number of carbonyl (C=O) groups excluding carboxylic acids is 1.